The molecule has 0 bridgehead atoms. The van der Waals surface area contributed by atoms with Crippen LogP contribution in [0, 0.1) is 0 Å². The highest BCUT2D eigenvalue weighted by Gasteiger charge is 2.34. The summed E-state index contributed by atoms with van der Waals surface area (Å²) in [6, 6.07) is 35.2. The Hall–Kier alpha value is -3.38. The molecule has 0 N–H and O–H groups in total. The average molecular weight is 342 g/mol. The van der Waals surface area contributed by atoms with Gasteiger partial charge in [-0.05, 0) is 61.7 Å². The van der Waals surface area contributed by atoms with Gasteiger partial charge in [-0.3, -0.25) is 0 Å². The lowest BCUT2D eigenvalue weighted by Crippen LogP contribution is -1.88. The fraction of sp³-hybridized carbons (Fsp3) is 0.0370. The third-order valence-corrected chi connectivity index (χ3v) is 5.89. The number of allylic oxidation sites excluding steroid dienone is 4. The molecular weight excluding hydrogens is 324 g/mol. The molecule has 0 aliphatic heterocycles. The Balaban J connectivity index is 1.72. The van der Waals surface area contributed by atoms with Gasteiger partial charge in [-0.2, -0.15) is 0 Å². The van der Waals surface area contributed by atoms with Crippen LogP contribution in [0.3, 0.4) is 0 Å². The van der Waals surface area contributed by atoms with Gasteiger partial charge in [0.15, 0.2) is 0 Å². The molecule has 4 aromatic carbocycles. The molecule has 0 fully saturated rings. The molecule has 0 saturated carbocycles. The van der Waals surface area contributed by atoms with Gasteiger partial charge in [0.05, 0.1) is 0 Å². The summed E-state index contributed by atoms with van der Waals surface area (Å²) >= 11 is 0. The van der Waals surface area contributed by atoms with Gasteiger partial charge in [0.25, 0.3) is 0 Å². The lowest BCUT2D eigenvalue weighted by Gasteiger charge is -2.09. The third kappa shape index (κ3) is 2.04. The van der Waals surface area contributed by atoms with E-state index in [2.05, 4.69) is 97.1 Å². The second-order valence-corrected chi connectivity index (χ2v) is 7.33. The molecule has 6 rings (SSSR count). The van der Waals surface area contributed by atoms with Gasteiger partial charge in [0, 0.05) is 0 Å². The lowest BCUT2D eigenvalue weighted by atomic mass is 9.94. The van der Waals surface area contributed by atoms with Crippen molar-refractivity contribution in [3.8, 4) is 0 Å². The van der Waals surface area contributed by atoms with Gasteiger partial charge < -0.3 is 0 Å². The minimum Gasteiger partial charge on any atom is -0.0622 e. The lowest BCUT2D eigenvalue weighted by molar-refractivity contribution is 1.42. The van der Waals surface area contributed by atoms with Gasteiger partial charge >= 0.3 is 0 Å². The largest absolute Gasteiger partial charge is 0.0622 e. The van der Waals surface area contributed by atoms with Crippen molar-refractivity contribution in [2.75, 3.05) is 0 Å². The molecule has 0 radical (unpaired) electrons. The molecule has 0 heterocycles. The van der Waals surface area contributed by atoms with E-state index in [4.69, 9.17) is 0 Å². The smallest absolute Gasteiger partial charge is 0.000110 e. The highest BCUT2D eigenvalue weighted by molar-refractivity contribution is 6.35. The van der Waals surface area contributed by atoms with Crippen LogP contribution in [0.2, 0.25) is 0 Å². The van der Waals surface area contributed by atoms with Crippen LogP contribution in [0.25, 0.3) is 33.1 Å². The summed E-state index contributed by atoms with van der Waals surface area (Å²) in [7, 11) is 0. The maximum atomic E-state index is 2.30. The first-order valence-electron chi connectivity index (χ1n) is 9.52. The van der Waals surface area contributed by atoms with E-state index < -0.39 is 0 Å². The molecule has 126 valence electrons. The van der Waals surface area contributed by atoms with Crippen molar-refractivity contribution in [1.82, 2.24) is 0 Å². The molecule has 0 amide bonds. The molecule has 0 heteroatoms. The predicted molar refractivity (Wildman–Crippen MR) is 115 cm³/mol. The molecule has 2 aliphatic rings. The highest BCUT2D eigenvalue weighted by atomic mass is 14.4. The standard InChI is InChI=1S/C27H18/c1-3-9-18(10-4-1)23-17-24(19-11-5-2-6-12-19)27-22-16-8-14-20-13-7-15-21(25(20)22)26(23)27/h1-16H,17H2. The summed E-state index contributed by atoms with van der Waals surface area (Å²) in [4.78, 5) is 0. The minimum absolute atomic E-state index is 0.989. The topological polar surface area (TPSA) is 0 Å². The van der Waals surface area contributed by atoms with Gasteiger partial charge in [-0.25, -0.2) is 0 Å². The van der Waals surface area contributed by atoms with Crippen LogP contribution in [0.15, 0.2) is 97.1 Å². The van der Waals surface area contributed by atoms with Crippen molar-refractivity contribution in [2.24, 2.45) is 0 Å². The molecule has 0 aromatic heterocycles. The van der Waals surface area contributed by atoms with E-state index in [0.29, 0.717) is 0 Å². The normalized spacial score (nSPS) is 15.0. The molecule has 0 unspecified atom stereocenters. The van der Waals surface area contributed by atoms with Crippen LogP contribution in [0.4, 0.5) is 0 Å². The predicted octanol–water partition coefficient (Wildman–Crippen LogP) is 7.08. The molecule has 27 heavy (non-hydrogen) atoms. The fourth-order valence-corrected chi connectivity index (χ4v) is 4.78. The monoisotopic (exact) mass is 342 g/mol. The first-order valence-corrected chi connectivity index (χ1v) is 9.52. The maximum absolute atomic E-state index is 2.30. The zero-order valence-corrected chi connectivity index (χ0v) is 14.9. The second kappa shape index (κ2) is 5.56. The molecular formula is C27H18. The average Bonchev–Trinajstić information content (AvgIpc) is 3.28. The summed E-state index contributed by atoms with van der Waals surface area (Å²) < 4.78 is 0. The maximum Gasteiger partial charge on any atom is -0.000110 e. The van der Waals surface area contributed by atoms with Gasteiger partial charge in [0.2, 0.25) is 0 Å². The van der Waals surface area contributed by atoms with Crippen molar-refractivity contribution in [3.05, 3.63) is 119 Å². The molecule has 4 aromatic rings. The van der Waals surface area contributed by atoms with E-state index in [1.807, 2.05) is 0 Å². The Morgan fingerprint density at radius 3 is 1.41 bits per heavy atom. The third-order valence-electron chi connectivity index (χ3n) is 5.89. The summed E-state index contributed by atoms with van der Waals surface area (Å²) in [5.74, 6) is 0. The SMILES string of the molecule is c1ccc(C2=C3C(=C(c4ccccc4)C2)c2cccc4cccc3c24)cc1. The number of hydrogen-bond donors (Lipinski definition) is 0. The summed E-state index contributed by atoms with van der Waals surface area (Å²) in [6.07, 6.45) is 0.989. The van der Waals surface area contributed by atoms with E-state index >= 15 is 0 Å². The Bertz CT molecular complexity index is 1160. The Labute approximate surface area is 159 Å². The first kappa shape index (κ1) is 14.8. The van der Waals surface area contributed by atoms with Crippen LogP contribution in [0.5, 0.6) is 0 Å². The quantitative estimate of drug-likeness (QED) is 0.365. The van der Waals surface area contributed by atoms with E-state index in [-0.39, 0.29) is 0 Å². The highest BCUT2D eigenvalue weighted by Crippen LogP contribution is 2.57. The van der Waals surface area contributed by atoms with Crippen molar-refractivity contribution in [3.63, 3.8) is 0 Å². The zero-order chi connectivity index (χ0) is 17.8. The zero-order valence-electron chi connectivity index (χ0n) is 14.9. The Morgan fingerprint density at radius 1 is 0.444 bits per heavy atom. The van der Waals surface area contributed by atoms with Gasteiger partial charge in [-0.1, -0.05) is 97.1 Å². The van der Waals surface area contributed by atoms with Crippen molar-refractivity contribution < 1.29 is 0 Å². The van der Waals surface area contributed by atoms with Crippen LogP contribution in [-0.2, 0) is 0 Å². The number of rotatable bonds is 2. The molecule has 0 nitrogen and oxygen atoms in total. The molecule has 2 aliphatic carbocycles. The number of hydrogen-bond acceptors (Lipinski definition) is 0. The Kier molecular flexibility index (Phi) is 3.04. The number of fused-ring (bicyclic) bond motifs is 3. The van der Waals surface area contributed by atoms with Crippen molar-refractivity contribution in [2.45, 2.75) is 6.42 Å². The van der Waals surface area contributed by atoms with Gasteiger partial charge in [0.1, 0.15) is 0 Å². The van der Waals surface area contributed by atoms with Crippen molar-refractivity contribution in [1.29, 1.82) is 0 Å². The Morgan fingerprint density at radius 2 is 0.926 bits per heavy atom. The minimum atomic E-state index is 0.989. The summed E-state index contributed by atoms with van der Waals surface area (Å²) in [5.41, 5.74) is 11.2. The fourth-order valence-electron chi connectivity index (χ4n) is 4.78. The molecule has 0 spiro atoms. The van der Waals surface area contributed by atoms with E-state index in [1.165, 1.54) is 55.3 Å². The van der Waals surface area contributed by atoms with Crippen LogP contribution >= 0.6 is 0 Å². The summed E-state index contributed by atoms with van der Waals surface area (Å²) in [6.45, 7) is 0. The number of benzene rings is 4. The summed E-state index contributed by atoms with van der Waals surface area (Å²) in [5, 5.41) is 2.74. The van der Waals surface area contributed by atoms with Crippen LogP contribution < -0.4 is 0 Å². The second-order valence-electron chi connectivity index (χ2n) is 7.33. The first-order chi connectivity index (χ1) is 13.4. The van der Waals surface area contributed by atoms with E-state index in [1.54, 1.807) is 0 Å². The van der Waals surface area contributed by atoms with Crippen LogP contribution in [-0.4, -0.2) is 0 Å². The van der Waals surface area contributed by atoms with E-state index in [0.717, 1.165) is 6.42 Å². The molecule has 0 atom stereocenters. The van der Waals surface area contributed by atoms with Crippen LogP contribution in [0.1, 0.15) is 28.7 Å². The van der Waals surface area contributed by atoms with Gasteiger partial charge in [-0.15, -0.1) is 0 Å². The molecule has 0 saturated heterocycles. The van der Waals surface area contributed by atoms with E-state index in [9.17, 15) is 0 Å². The van der Waals surface area contributed by atoms with Crippen molar-refractivity contribution >= 4 is 33.1 Å².